The standard InChI is InChI=1S/C10H13N3/c1-3-9-7-13-6-2-4-11-10(13)8-12(9)5-1/h1,3,5H,2,4,6-8H2. The van der Waals surface area contributed by atoms with E-state index in [0.29, 0.717) is 0 Å². The largest absolute Gasteiger partial charge is 0.353 e. The van der Waals surface area contributed by atoms with Gasteiger partial charge in [-0.15, -0.1) is 0 Å². The first kappa shape index (κ1) is 7.18. The molecule has 0 unspecified atom stereocenters. The lowest BCUT2D eigenvalue weighted by Crippen LogP contribution is -2.41. The van der Waals surface area contributed by atoms with Crippen molar-refractivity contribution < 1.29 is 0 Å². The molecular weight excluding hydrogens is 162 g/mol. The van der Waals surface area contributed by atoms with E-state index in [2.05, 4.69) is 32.8 Å². The van der Waals surface area contributed by atoms with Crippen LogP contribution in [0.5, 0.6) is 0 Å². The molecule has 1 aromatic heterocycles. The van der Waals surface area contributed by atoms with E-state index in [0.717, 1.165) is 19.6 Å². The van der Waals surface area contributed by atoms with Gasteiger partial charge in [-0.1, -0.05) is 0 Å². The van der Waals surface area contributed by atoms with Crippen LogP contribution in [-0.4, -0.2) is 28.4 Å². The molecule has 13 heavy (non-hydrogen) atoms. The number of fused-ring (bicyclic) bond motifs is 2. The van der Waals surface area contributed by atoms with Crippen LogP contribution in [0.3, 0.4) is 0 Å². The molecule has 3 rings (SSSR count). The third-order valence-corrected chi connectivity index (χ3v) is 2.83. The minimum atomic E-state index is 0.975. The first-order valence-electron chi connectivity index (χ1n) is 4.86. The maximum absolute atomic E-state index is 4.55. The molecule has 0 fully saturated rings. The summed E-state index contributed by atoms with van der Waals surface area (Å²) in [5.74, 6) is 1.27. The van der Waals surface area contributed by atoms with E-state index >= 15 is 0 Å². The van der Waals surface area contributed by atoms with E-state index in [1.807, 2.05) is 0 Å². The third kappa shape index (κ3) is 1.07. The highest BCUT2D eigenvalue weighted by molar-refractivity contribution is 5.83. The van der Waals surface area contributed by atoms with Gasteiger partial charge in [0.25, 0.3) is 0 Å². The average molecular weight is 175 g/mol. The van der Waals surface area contributed by atoms with Crippen molar-refractivity contribution in [1.29, 1.82) is 0 Å². The van der Waals surface area contributed by atoms with Crippen molar-refractivity contribution in [2.45, 2.75) is 19.5 Å². The zero-order valence-corrected chi connectivity index (χ0v) is 7.61. The zero-order chi connectivity index (χ0) is 8.67. The lowest BCUT2D eigenvalue weighted by atomic mass is 10.2. The Labute approximate surface area is 77.7 Å². The van der Waals surface area contributed by atoms with Crippen molar-refractivity contribution in [1.82, 2.24) is 9.47 Å². The molecule has 0 N–H and O–H groups in total. The van der Waals surface area contributed by atoms with Crippen molar-refractivity contribution in [2.75, 3.05) is 13.1 Å². The second kappa shape index (κ2) is 2.62. The number of aromatic nitrogens is 1. The maximum Gasteiger partial charge on any atom is 0.119 e. The third-order valence-electron chi connectivity index (χ3n) is 2.83. The van der Waals surface area contributed by atoms with E-state index in [-0.39, 0.29) is 0 Å². The summed E-state index contributed by atoms with van der Waals surface area (Å²) in [4.78, 5) is 6.95. The van der Waals surface area contributed by atoms with Crippen LogP contribution >= 0.6 is 0 Å². The predicted molar refractivity (Wildman–Crippen MR) is 51.8 cm³/mol. The molecule has 0 aliphatic carbocycles. The molecule has 0 saturated carbocycles. The number of hydrogen-bond acceptors (Lipinski definition) is 2. The molecule has 3 nitrogen and oxygen atoms in total. The van der Waals surface area contributed by atoms with E-state index < -0.39 is 0 Å². The summed E-state index contributed by atoms with van der Waals surface area (Å²) in [6.45, 7) is 4.22. The van der Waals surface area contributed by atoms with E-state index in [9.17, 15) is 0 Å². The Bertz CT molecular complexity index is 351. The van der Waals surface area contributed by atoms with Crippen LogP contribution in [-0.2, 0) is 13.1 Å². The van der Waals surface area contributed by atoms with Gasteiger partial charge >= 0.3 is 0 Å². The fourth-order valence-electron chi connectivity index (χ4n) is 2.11. The van der Waals surface area contributed by atoms with Crippen LogP contribution in [0.15, 0.2) is 23.3 Å². The van der Waals surface area contributed by atoms with Crippen molar-refractivity contribution in [3.05, 3.63) is 24.0 Å². The molecule has 0 aromatic carbocycles. The number of nitrogens with zero attached hydrogens (tertiary/aromatic N) is 3. The molecule has 2 aliphatic heterocycles. The molecule has 1 aromatic rings. The molecule has 0 radical (unpaired) electrons. The summed E-state index contributed by atoms with van der Waals surface area (Å²) in [7, 11) is 0. The first-order chi connectivity index (χ1) is 6.43. The molecule has 0 amide bonds. The highest BCUT2D eigenvalue weighted by atomic mass is 15.3. The van der Waals surface area contributed by atoms with Gasteiger partial charge in [0.05, 0.1) is 13.1 Å². The van der Waals surface area contributed by atoms with Crippen LogP contribution in [0.4, 0.5) is 0 Å². The van der Waals surface area contributed by atoms with Crippen molar-refractivity contribution >= 4 is 5.84 Å². The van der Waals surface area contributed by atoms with Crippen molar-refractivity contribution in [3.63, 3.8) is 0 Å². The molecule has 2 aliphatic rings. The zero-order valence-electron chi connectivity index (χ0n) is 7.61. The second-order valence-electron chi connectivity index (χ2n) is 3.70. The van der Waals surface area contributed by atoms with Gasteiger partial charge in [0.2, 0.25) is 0 Å². The summed E-state index contributed by atoms with van der Waals surface area (Å²) in [6, 6.07) is 4.32. The molecule has 0 bridgehead atoms. The van der Waals surface area contributed by atoms with E-state index in [4.69, 9.17) is 0 Å². The first-order valence-corrected chi connectivity index (χ1v) is 4.86. The highest BCUT2D eigenvalue weighted by Gasteiger charge is 2.21. The minimum absolute atomic E-state index is 0.975. The highest BCUT2D eigenvalue weighted by Crippen LogP contribution is 2.17. The van der Waals surface area contributed by atoms with Crippen LogP contribution in [0.25, 0.3) is 0 Å². The van der Waals surface area contributed by atoms with Gasteiger partial charge in [0.1, 0.15) is 5.84 Å². The number of rotatable bonds is 0. The summed E-state index contributed by atoms with van der Waals surface area (Å²) in [5.41, 5.74) is 1.42. The Morgan fingerprint density at radius 3 is 3.31 bits per heavy atom. The Kier molecular flexibility index (Phi) is 1.45. The summed E-state index contributed by atoms with van der Waals surface area (Å²) < 4.78 is 2.29. The topological polar surface area (TPSA) is 20.5 Å². The van der Waals surface area contributed by atoms with Gasteiger partial charge < -0.3 is 9.47 Å². The van der Waals surface area contributed by atoms with E-state index in [1.165, 1.54) is 24.5 Å². The number of hydrogen-bond donors (Lipinski definition) is 0. The lowest BCUT2D eigenvalue weighted by molar-refractivity contribution is 0.346. The Morgan fingerprint density at radius 2 is 2.31 bits per heavy atom. The quantitative estimate of drug-likeness (QED) is 0.578. The number of amidine groups is 1. The van der Waals surface area contributed by atoms with Crippen molar-refractivity contribution in [3.8, 4) is 0 Å². The second-order valence-corrected chi connectivity index (χ2v) is 3.70. The monoisotopic (exact) mass is 175 g/mol. The van der Waals surface area contributed by atoms with Crippen LogP contribution in [0.1, 0.15) is 12.1 Å². The van der Waals surface area contributed by atoms with Crippen molar-refractivity contribution in [2.24, 2.45) is 4.99 Å². The molecule has 3 heteroatoms. The Hall–Kier alpha value is -1.25. The summed E-state index contributed by atoms with van der Waals surface area (Å²) in [5, 5.41) is 0. The smallest absolute Gasteiger partial charge is 0.119 e. The normalized spacial score (nSPS) is 20.6. The fourth-order valence-corrected chi connectivity index (χ4v) is 2.11. The Morgan fingerprint density at radius 1 is 1.31 bits per heavy atom. The fraction of sp³-hybridized carbons (Fsp3) is 0.500. The molecule has 0 saturated heterocycles. The molecule has 3 heterocycles. The van der Waals surface area contributed by atoms with Crippen LogP contribution < -0.4 is 0 Å². The van der Waals surface area contributed by atoms with Gasteiger partial charge in [0.15, 0.2) is 0 Å². The number of aliphatic imine (C=N–C) groups is 1. The molecule has 0 atom stereocenters. The molecule has 68 valence electrons. The van der Waals surface area contributed by atoms with Crippen LogP contribution in [0, 0.1) is 0 Å². The van der Waals surface area contributed by atoms with Gasteiger partial charge in [0, 0.05) is 25.0 Å². The summed E-state index contributed by atoms with van der Waals surface area (Å²) in [6.07, 6.45) is 3.36. The molecular formula is C10H13N3. The lowest BCUT2D eigenvalue weighted by Gasteiger charge is -2.34. The van der Waals surface area contributed by atoms with Gasteiger partial charge in [-0.2, -0.15) is 0 Å². The van der Waals surface area contributed by atoms with E-state index in [1.54, 1.807) is 0 Å². The SMILES string of the molecule is c1cc2n(c1)CC1=NCCCN1C2. The minimum Gasteiger partial charge on any atom is -0.353 e. The van der Waals surface area contributed by atoms with Gasteiger partial charge in [-0.3, -0.25) is 4.99 Å². The molecule has 0 spiro atoms. The predicted octanol–water partition coefficient (Wildman–Crippen LogP) is 1.11. The average Bonchev–Trinajstić information content (AvgIpc) is 2.61. The van der Waals surface area contributed by atoms with Gasteiger partial charge in [-0.05, 0) is 18.6 Å². The van der Waals surface area contributed by atoms with Crippen LogP contribution in [0.2, 0.25) is 0 Å². The maximum atomic E-state index is 4.55. The van der Waals surface area contributed by atoms with Gasteiger partial charge in [-0.25, -0.2) is 0 Å². The summed E-state index contributed by atoms with van der Waals surface area (Å²) >= 11 is 0. The Balaban J connectivity index is 1.99.